The predicted octanol–water partition coefficient (Wildman–Crippen LogP) is 15.3. The maximum atomic E-state index is 15.1. The summed E-state index contributed by atoms with van der Waals surface area (Å²) in [4.78, 5) is 17.2. The van der Waals surface area contributed by atoms with Crippen LogP contribution in [0.1, 0.15) is 45.8 Å². The largest absolute Gasteiger partial charge is 0.306 e. The Morgan fingerprint density at radius 2 is 1.06 bits per heavy atom. The van der Waals surface area contributed by atoms with Gasteiger partial charge in [0.2, 0.25) is 0 Å². The second-order valence-electron chi connectivity index (χ2n) is 17.5. The van der Waals surface area contributed by atoms with Gasteiger partial charge in [0.25, 0.3) is 5.91 Å². The number of benzene rings is 8. The van der Waals surface area contributed by atoms with Gasteiger partial charge in [0.15, 0.2) is 0 Å². The van der Waals surface area contributed by atoms with Crippen LogP contribution >= 0.6 is 0 Å². The predicted molar refractivity (Wildman–Crippen MR) is 266 cm³/mol. The average Bonchev–Trinajstić information content (AvgIpc) is 3.85. The Morgan fingerprint density at radius 3 is 1.72 bits per heavy atom. The third-order valence-corrected chi connectivity index (χ3v) is 13.8. The molecular formula is C61H42N2O. The van der Waals surface area contributed by atoms with Crippen molar-refractivity contribution >= 4 is 44.5 Å². The van der Waals surface area contributed by atoms with E-state index >= 15 is 4.79 Å². The van der Waals surface area contributed by atoms with Crippen LogP contribution in [-0.2, 0) is 0 Å². The number of rotatable bonds is 6. The summed E-state index contributed by atoms with van der Waals surface area (Å²) in [6.07, 6.45) is 16.0. The first-order chi connectivity index (χ1) is 31.6. The number of aromatic nitrogens is 1. The fourth-order valence-corrected chi connectivity index (χ4v) is 10.8. The van der Waals surface area contributed by atoms with Crippen molar-refractivity contribution in [1.82, 2.24) is 4.57 Å². The second kappa shape index (κ2) is 14.5. The first kappa shape index (κ1) is 36.6. The molecular weight excluding hydrogens is 777 g/mol. The topological polar surface area (TPSA) is 25.2 Å². The van der Waals surface area contributed by atoms with Crippen LogP contribution in [0.2, 0.25) is 0 Å². The maximum Gasteiger partial charge on any atom is 0.261 e. The van der Waals surface area contributed by atoms with E-state index in [1.54, 1.807) is 0 Å². The van der Waals surface area contributed by atoms with Crippen LogP contribution in [0.25, 0.3) is 83.1 Å². The zero-order chi connectivity index (χ0) is 42.3. The molecule has 0 spiro atoms. The SMILES string of the molecule is O=C1c2ccccc2-n2c3ccc(-c4cc(-c5ccccc5)cc(-c5ccccc5)c4)cc3c3ccc4c(c32)N1C1C=CC(c2cc(C3=CCCC=C3)cc(-c3ccccc3)c2)=CC41. The van der Waals surface area contributed by atoms with Crippen LogP contribution in [0.4, 0.5) is 5.69 Å². The lowest BCUT2D eigenvalue weighted by Gasteiger charge is -2.28. The minimum absolute atomic E-state index is 0.00890. The summed E-state index contributed by atoms with van der Waals surface area (Å²) in [6.45, 7) is 0. The molecule has 1 amide bonds. The molecule has 1 aromatic heterocycles. The first-order valence-electron chi connectivity index (χ1n) is 22.4. The Bertz CT molecular complexity index is 3460. The Hall–Kier alpha value is -8.01. The molecule has 2 aliphatic carbocycles. The van der Waals surface area contributed by atoms with Gasteiger partial charge in [-0.3, -0.25) is 9.69 Å². The van der Waals surface area contributed by atoms with Crippen LogP contribution in [0, 0.1) is 0 Å². The lowest BCUT2D eigenvalue weighted by Crippen LogP contribution is -2.38. The molecule has 0 bridgehead atoms. The lowest BCUT2D eigenvalue weighted by atomic mass is 9.84. The molecule has 0 radical (unpaired) electrons. The smallest absolute Gasteiger partial charge is 0.261 e. The van der Waals surface area contributed by atoms with E-state index < -0.39 is 0 Å². The van der Waals surface area contributed by atoms with Crippen LogP contribution in [0.5, 0.6) is 0 Å². The van der Waals surface area contributed by atoms with Gasteiger partial charge in [0.05, 0.1) is 34.0 Å². The Kier molecular flexibility index (Phi) is 8.32. The molecule has 3 nitrogen and oxygen atoms in total. The summed E-state index contributed by atoms with van der Waals surface area (Å²) < 4.78 is 2.36. The Morgan fingerprint density at radius 1 is 0.469 bits per heavy atom. The van der Waals surface area contributed by atoms with E-state index in [2.05, 4.69) is 216 Å². The molecule has 4 aliphatic rings. The fourth-order valence-electron chi connectivity index (χ4n) is 10.8. The number of hydrogen-bond donors (Lipinski definition) is 0. The van der Waals surface area contributed by atoms with Crippen molar-refractivity contribution in [2.45, 2.75) is 24.8 Å². The highest BCUT2D eigenvalue weighted by atomic mass is 16.2. The van der Waals surface area contributed by atoms with Gasteiger partial charge in [-0.2, -0.15) is 0 Å². The molecule has 0 N–H and O–H groups in total. The number of nitrogens with zero attached hydrogens (tertiary/aromatic N) is 2. The molecule has 0 saturated carbocycles. The molecule has 64 heavy (non-hydrogen) atoms. The van der Waals surface area contributed by atoms with Crippen LogP contribution in [-0.4, -0.2) is 16.5 Å². The van der Waals surface area contributed by atoms with Crippen molar-refractivity contribution in [1.29, 1.82) is 0 Å². The third-order valence-electron chi connectivity index (χ3n) is 13.8. The van der Waals surface area contributed by atoms with Gasteiger partial charge in [-0.1, -0.05) is 158 Å². The van der Waals surface area contributed by atoms with Crippen molar-refractivity contribution in [3.63, 3.8) is 0 Å². The van der Waals surface area contributed by atoms with Crippen molar-refractivity contribution < 1.29 is 4.79 Å². The van der Waals surface area contributed by atoms with Gasteiger partial charge in [-0.05, 0) is 146 Å². The number of fused-ring (bicyclic) bond motifs is 8. The summed E-state index contributed by atoms with van der Waals surface area (Å²) in [5, 5.41) is 2.32. The monoisotopic (exact) mass is 818 g/mol. The molecule has 302 valence electrons. The highest BCUT2D eigenvalue weighted by Gasteiger charge is 2.45. The number of amides is 1. The standard InChI is InChI=1S/C61H42N2O/c64-61-53-23-13-14-24-56(53)62-57-29-25-43(49-33-45(39-15-5-1-6-16-39)31-46(34-49)40-17-7-2-8-18-40)37-54(57)51-27-28-52-55-38-44(26-30-58(55)63(61)60(52)59(51)62)50-35-47(41-19-9-3-10-20-41)32-48(36-50)42-21-11-4-12-22-42/h1-3,5-11,13-38,55,58H,4,12H2. The number of anilines is 1. The van der Waals surface area contributed by atoms with Crippen molar-refractivity contribution in [3.05, 3.63) is 241 Å². The van der Waals surface area contributed by atoms with E-state index in [4.69, 9.17) is 0 Å². The molecule has 9 aromatic rings. The van der Waals surface area contributed by atoms with E-state index in [0.29, 0.717) is 5.56 Å². The number of hydrogen-bond acceptors (Lipinski definition) is 1. The van der Waals surface area contributed by atoms with Crippen LogP contribution in [0.3, 0.4) is 0 Å². The van der Waals surface area contributed by atoms with Gasteiger partial charge in [0, 0.05) is 16.7 Å². The molecule has 2 unspecified atom stereocenters. The van der Waals surface area contributed by atoms with Crippen LogP contribution in [0.15, 0.2) is 218 Å². The summed E-state index contributed by atoms with van der Waals surface area (Å²) in [7, 11) is 0. The number of carbonyl (C=O) groups excluding carboxylic acids is 1. The van der Waals surface area contributed by atoms with E-state index in [-0.39, 0.29) is 17.9 Å². The van der Waals surface area contributed by atoms with Crippen molar-refractivity contribution in [2.75, 3.05) is 4.90 Å². The second-order valence-corrected chi connectivity index (χ2v) is 17.5. The van der Waals surface area contributed by atoms with E-state index in [9.17, 15) is 0 Å². The van der Waals surface area contributed by atoms with Gasteiger partial charge in [0.1, 0.15) is 0 Å². The lowest BCUT2D eigenvalue weighted by molar-refractivity contribution is 0.0983. The average molecular weight is 819 g/mol. The quantitative estimate of drug-likeness (QED) is 0.164. The minimum Gasteiger partial charge on any atom is -0.306 e. The Balaban J connectivity index is 0.992. The Labute approximate surface area is 372 Å². The van der Waals surface area contributed by atoms with Gasteiger partial charge >= 0.3 is 0 Å². The summed E-state index contributed by atoms with van der Waals surface area (Å²) in [5.74, 6) is 0.0350. The summed E-state index contributed by atoms with van der Waals surface area (Å²) in [5.41, 5.74) is 20.3. The van der Waals surface area contributed by atoms with E-state index in [0.717, 1.165) is 51.8 Å². The third kappa shape index (κ3) is 5.78. The highest BCUT2D eigenvalue weighted by molar-refractivity contribution is 6.23. The molecule has 0 saturated heterocycles. The van der Waals surface area contributed by atoms with Crippen LogP contribution < -0.4 is 4.90 Å². The first-order valence-corrected chi connectivity index (χ1v) is 22.4. The fraction of sp³-hybridized carbons (Fsp3) is 0.0656. The highest BCUT2D eigenvalue weighted by Crippen LogP contribution is 2.53. The van der Waals surface area contributed by atoms with Gasteiger partial charge in [-0.15, -0.1) is 0 Å². The minimum atomic E-state index is -0.150. The molecule has 2 aliphatic heterocycles. The van der Waals surface area contributed by atoms with Crippen molar-refractivity contribution in [3.8, 4) is 50.2 Å². The maximum absolute atomic E-state index is 15.1. The van der Waals surface area contributed by atoms with E-state index in [1.165, 1.54) is 66.6 Å². The molecule has 0 fully saturated rings. The summed E-state index contributed by atoms with van der Waals surface area (Å²) in [6, 6.07) is 65.5. The molecule has 13 rings (SSSR count). The normalized spacial score (nSPS) is 17.0. The zero-order valence-electron chi connectivity index (χ0n) is 35.2. The molecule has 3 heterocycles. The molecule has 8 aromatic carbocycles. The molecule has 3 heteroatoms. The van der Waals surface area contributed by atoms with Crippen molar-refractivity contribution in [2.24, 2.45) is 0 Å². The molecule has 2 atom stereocenters. The number of allylic oxidation sites excluding steroid dienone is 6. The summed E-state index contributed by atoms with van der Waals surface area (Å²) >= 11 is 0. The zero-order valence-corrected chi connectivity index (χ0v) is 35.2. The van der Waals surface area contributed by atoms with Gasteiger partial charge in [-0.25, -0.2) is 0 Å². The number of para-hydroxylation sites is 1. The van der Waals surface area contributed by atoms with E-state index in [1.807, 2.05) is 12.1 Å². The number of carbonyl (C=O) groups is 1. The van der Waals surface area contributed by atoms with Gasteiger partial charge < -0.3 is 4.57 Å².